The number of aromatic nitrogens is 2. The van der Waals surface area contributed by atoms with E-state index < -0.39 is 0 Å². The highest BCUT2D eigenvalue weighted by Gasteiger charge is 2.09. The summed E-state index contributed by atoms with van der Waals surface area (Å²) in [5.74, 6) is 1.45. The van der Waals surface area contributed by atoms with E-state index in [4.69, 9.17) is 23.2 Å². The van der Waals surface area contributed by atoms with Gasteiger partial charge in [-0.2, -0.15) is 0 Å². The first kappa shape index (κ1) is 14.1. The van der Waals surface area contributed by atoms with Crippen LogP contribution in [0.4, 0.5) is 5.82 Å². The lowest BCUT2D eigenvalue weighted by Gasteiger charge is -2.10. The van der Waals surface area contributed by atoms with Crippen molar-refractivity contribution in [3.63, 3.8) is 0 Å². The number of nitrogens with one attached hydrogen (secondary N) is 1. The first-order valence-corrected chi connectivity index (χ1v) is 7.40. The summed E-state index contributed by atoms with van der Waals surface area (Å²) in [6, 6.07) is 13.1. The summed E-state index contributed by atoms with van der Waals surface area (Å²) in [6.07, 6.45) is 0. The van der Waals surface area contributed by atoms with Gasteiger partial charge in [-0.05, 0) is 49.4 Å². The summed E-state index contributed by atoms with van der Waals surface area (Å²) in [7, 11) is 0. The number of benzene rings is 2. The molecule has 0 aliphatic rings. The van der Waals surface area contributed by atoms with Gasteiger partial charge in [0.25, 0.3) is 0 Å². The summed E-state index contributed by atoms with van der Waals surface area (Å²) in [5.41, 5.74) is 1.78. The van der Waals surface area contributed by atoms with Crippen molar-refractivity contribution in [3.05, 3.63) is 52.5 Å². The lowest BCUT2D eigenvalue weighted by molar-refractivity contribution is 1.14. The molecule has 106 valence electrons. The molecule has 0 fully saturated rings. The van der Waals surface area contributed by atoms with Gasteiger partial charge in [-0.1, -0.05) is 23.2 Å². The molecule has 0 aliphatic carbocycles. The van der Waals surface area contributed by atoms with Crippen molar-refractivity contribution >= 4 is 39.9 Å². The van der Waals surface area contributed by atoms with Crippen molar-refractivity contribution in [1.29, 1.82) is 0 Å². The monoisotopic (exact) mass is 317 g/mol. The normalized spacial score (nSPS) is 10.8. The van der Waals surface area contributed by atoms with Crippen molar-refractivity contribution in [2.75, 3.05) is 11.9 Å². The van der Waals surface area contributed by atoms with E-state index in [1.165, 1.54) is 0 Å². The van der Waals surface area contributed by atoms with Crippen molar-refractivity contribution in [1.82, 2.24) is 9.97 Å². The second-order valence-electron chi connectivity index (χ2n) is 4.59. The molecule has 0 spiro atoms. The molecule has 0 amide bonds. The Morgan fingerprint density at radius 3 is 2.38 bits per heavy atom. The molecular formula is C16H13Cl2N3. The lowest BCUT2D eigenvalue weighted by atomic mass is 10.2. The standard InChI is InChI=1S/C16H13Cl2N3/c1-2-19-16-13-9-12(18)7-8-14(13)20-15(21-16)10-3-5-11(17)6-4-10/h3-9H,2H2,1H3,(H,19,20,21). The van der Waals surface area contributed by atoms with E-state index in [-0.39, 0.29) is 0 Å². The van der Waals surface area contributed by atoms with Gasteiger partial charge in [0.2, 0.25) is 0 Å². The Kier molecular flexibility index (Phi) is 3.95. The minimum Gasteiger partial charge on any atom is -0.370 e. The van der Waals surface area contributed by atoms with Gasteiger partial charge in [0.1, 0.15) is 5.82 Å². The zero-order valence-corrected chi connectivity index (χ0v) is 12.9. The highest BCUT2D eigenvalue weighted by atomic mass is 35.5. The van der Waals surface area contributed by atoms with Crippen LogP contribution in [-0.4, -0.2) is 16.5 Å². The van der Waals surface area contributed by atoms with Crippen LogP contribution in [-0.2, 0) is 0 Å². The molecule has 0 saturated carbocycles. The summed E-state index contributed by atoms with van der Waals surface area (Å²) in [6.45, 7) is 2.80. The van der Waals surface area contributed by atoms with Crippen molar-refractivity contribution < 1.29 is 0 Å². The molecule has 3 rings (SSSR count). The Hall–Kier alpha value is -1.84. The highest BCUT2D eigenvalue weighted by molar-refractivity contribution is 6.31. The van der Waals surface area contributed by atoms with E-state index in [1.54, 1.807) is 0 Å². The molecule has 0 atom stereocenters. The second-order valence-corrected chi connectivity index (χ2v) is 5.47. The number of anilines is 1. The first-order valence-electron chi connectivity index (χ1n) is 6.64. The molecule has 1 N–H and O–H groups in total. The Bertz CT molecular complexity index is 785. The fourth-order valence-corrected chi connectivity index (χ4v) is 2.43. The van der Waals surface area contributed by atoms with Gasteiger partial charge in [-0.15, -0.1) is 0 Å². The number of fused-ring (bicyclic) bond motifs is 1. The Labute approximate surface area is 132 Å². The van der Waals surface area contributed by atoms with Gasteiger partial charge in [0, 0.05) is 27.5 Å². The van der Waals surface area contributed by atoms with Gasteiger partial charge in [-0.25, -0.2) is 9.97 Å². The zero-order chi connectivity index (χ0) is 14.8. The molecule has 21 heavy (non-hydrogen) atoms. The van der Waals surface area contributed by atoms with E-state index in [1.807, 2.05) is 49.4 Å². The topological polar surface area (TPSA) is 37.8 Å². The molecule has 3 aromatic rings. The van der Waals surface area contributed by atoms with Gasteiger partial charge in [0.15, 0.2) is 5.82 Å². The Morgan fingerprint density at radius 2 is 1.67 bits per heavy atom. The average molecular weight is 318 g/mol. The van der Waals surface area contributed by atoms with Crippen molar-refractivity contribution in [2.24, 2.45) is 0 Å². The summed E-state index contributed by atoms with van der Waals surface area (Å²) in [4.78, 5) is 9.21. The second kappa shape index (κ2) is 5.88. The lowest BCUT2D eigenvalue weighted by Crippen LogP contribution is -2.03. The summed E-state index contributed by atoms with van der Waals surface area (Å²) in [5, 5.41) is 5.55. The van der Waals surface area contributed by atoms with Crippen LogP contribution in [0.25, 0.3) is 22.3 Å². The third-order valence-electron chi connectivity index (χ3n) is 3.10. The fraction of sp³-hybridized carbons (Fsp3) is 0.125. The van der Waals surface area contributed by atoms with Gasteiger partial charge in [0.05, 0.1) is 5.52 Å². The van der Waals surface area contributed by atoms with Crippen LogP contribution >= 0.6 is 23.2 Å². The van der Waals surface area contributed by atoms with Crippen molar-refractivity contribution in [3.8, 4) is 11.4 Å². The molecule has 3 nitrogen and oxygen atoms in total. The fourth-order valence-electron chi connectivity index (χ4n) is 2.13. The van der Waals surface area contributed by atoms with E-state index in [2.05, 4.69) is 15.3 Å². The van der Waals surface area contributed by atoms with Crippen LogP contribution < -0.4 is 5.32 Å². The SMILES string of the molecule is CCNc1nc(-c2ccc(Cl)cc2)nc2ccc(Cl)cc12. The molecule has 1 aromatic heterocycles. The van der Waals surface area contributed by atoms with Crippen LogP contribution in [0.2, 0.25) is 10.0 Å². The maximum absolute atomic E-state index is 6.07. The number of nitrogens with zero attached hydrogens (tertiary/aromatic N) is 2. The van der Waals surface area contributed by atoms with E-state index in [0.717, 1.165) is 28.8 Å². The van der Waals surface area contributed by atoms with Crippen LogP contribution in [0.3, 0.4) is 0 Å². The van der Waals surface area contributed by atoms with E-state index in [9.17, 15) is 0 Å². The van der Waals surface area contributed by atoms with Crippen molar-refractivity contribution in [2.45, 2.75) is 6.92 Å². The van der Waals surface area contributed by atoms with Crippen LogP contribution in [0, 0.1) is 0 Å². The molecule has 2 aromatic carbocycles. The van der Waals surface area contributed by atoms with Crippen LogP contribution in [0.15, 0.2) is 42.5 Å². The summed E-state index contributed by atoms with van der Waals surface area (Å²) >= 11 is 12.0. The Balaban J connectivity index is 2.20. The predicted octanol–water partition coefficient (Wildman–Crippen LogP) is 5.04. The quantitative estimate of drug-likeness (QED) is 0.735. The third kappa shape index (κ3) is 2.94. The molecule has 0 radical (unpaired) electrons. The molecule has 0 saturated heterocycles. The smallest absolute Gasteiger partial charge is 0.162 e. The zero-order valence-electron chi connectivity index (χ0n) is 11.4. The molecular weight excluding hydrogens is 305 g/mol. The maximum Gasteiger partial charge on any atom is 0.162 e. The molecule has 0 aliphatic heterocycles. The van der Waals surface area contributed by atoms with Gasteiger partial charge < -0.3 is 5.32 Å². The van der Waals surface area contributed by atoms with E-state index >= 15 is 0 Å². The highest BCUT2D eigenvalue weighted by Crippen LogP contribution is 2.27. The Morgan fingerprint density at radius 1 is 0.952 bits per heavy atom. The molecule has 5 heteroatoms. The molecule has 0 unspecified atom stereocenters. The minimum atomic E-state index is 0.664. The van der Waals surface area contributed by atoms with Crippen LogP contribution in [0.5, 0.6) is 0 Å². The largest absolute Gasteiger partial charge is 0.370 e. The van der Waals surface area contributed by atoms with E-state index in [0.29, 0.717) is 15.9 Å². The first-order chi connectivity index (χ1) is 10.2. The van der Waals surface area contributed by atoms with Gasteiger partial charge in [-0.3, -0.25) is 0 Å². The minimum absolute atomic E-state index is 0.664. The number of halogens is 2. The van der Waals surface area contributed by atoms with Crippen LogP contribution in [0.1, 0.15) is 6.92 Å². The number of rotatable bonds is 3. The molecule has 0 bridgehead atoms. The number of hydrogen-bond donors (Lipinski definition) is 1. The maximum atomic E-state index is 6.07. The average Bonchev–Trinajstić information content (AvgIpc) is 2.48. The molecule has 1 heterocycles. The predicted molar refractivity (Wildman–Crippen MR) is 89.2 cm³/mol. The number of hydrogen-bond acceptors (Lipinski definition) is 3. The summed E-state index contributed by atoms with van der Waals surface area (Å²) < 4.78 is 0. The van der Waals surface area contributed by atoms with Gasteiger partial charge >= 0.3 is 0 Å². The third-order valence-corrected chi connectivity index (χ3v) is 3.59.